The van der Waals surface area contributed by atoms with Crippen molar-refractivity contribution in [3.63, 3.8) is 0 Å². The van der Waals surface area contributed by atoms with Crippen molar-refractivity contribution in [1.29, 1.82) is 0 Å². The molecule has 3 aromatic rings. The molecule has 3 rings (SSSR count). The first-order chi connectivity index (χ1) is 18.7. The molecule has 3 heteroatoms. The van der Waals surface area contributed by atoms with E-state index in [0.29, 0.717) is 6.42 Å². The molecule has 0 saturated heterocycles. The van der Waals surface area contributed by atoms with Gasteiger partial charge in [0.2, 0.25) is 0 Å². The molecule has 0 bridgehead atoms. The van der Waals surface area contributed by atoms with Crippen molar-refractivity contribution < 1.29 is 9.90 Å². The van der Waals surface area contributed by atoms with Gasteiger partial charge in [0.1, 0.15) is 0 Å². The van der Waals surface area contributed by atoms with Crippen molar-refractivity contribution in [3.05, 3.63) is 108 Å². The summed E-state index contributed by atoms with van der Waals surface area (Å²) in [5.74, 6) is 0.480. The van der Waals surface area contributed by atoms with Gasteiger partial charge in [0.15, 0.2) is 0 Å². The second-order valence-electron chi connectivity index (χ2n) is 10.4. The molecule has 0 saturated carbocycles. The maximum absolute atomic E-state index is 10.5. The smallest absolute Gasteiger partial charge is 0.303 e. The van der Waals surface area contributed by atoms with Gasteiger partial charge < -0.3 is 5.11 Å². The summed E-state index contributed by atoms with van der Waals surface area (Å²) < 4.78 is -0.194. The lowest BCUT2D eigenvalue weighted by Gasteiger charge is -2.35. The second-order valence-corrected chi connectivity index (χ2v) is 11.7. The normalized spacial score (nSPS) is 11.5. The Labute approximate surface area is 235 Å². The summed E-state index contributed by atoms with van der Waals surface area (Å²) in [6, 6.07) is 33.0. The fourth-order valence-corrected chi connectivity index (χ4v) is 6.88. The molecule has 204 valence electrons. The molecule has 0 aromatic heterocycles. The zero-order valence-electron chi connectivity index (χ0n) is 23.0. The van der Waals surface area contributed by atoms with Crippen LogP contribution in [0.1, 0.15) is 107 Å². The minimum Gasteiger partial charge on any atom is -0.481 e. The zero-order valence-corrected chi connectivity index (χ0v) is 23.8. The molecule has 0 aliphatic rings. The fraction of sp³-hybridized carbons (Fsp3) is 0.457. The van der Waals surface area contributed by atoms with Gasteiger partial charge in [-0.1, -0.05) is 162 Å². The van der Waals surface area contributed by atoms with E-state index < -0.39 is 5.97 Å². The molecule has 2 nitrogen and oxygen atoms in total. The van der Waals surface area contributed by atoms with E-state index in [4.69, 9.17) is 5.11 Å². The molecule has 0 fully saturated rings. The Kier molecular flexibility index (Phi) is 14.1. The van der Waals surface area contributed by atoms with Crippen molar-refractivity contribution in [2.24, 2.45) is 0 Å². The first-order valence-corrected chi connectivity index (χ1v) is 15.7. The summed E-state index contributed by atoms with van der Waals surface area (Å²) in [7, 11) is 0. The van der Waals surface area contributed by atoms with E-state index in [-0.39, 0.29) is 4.75 Å². The molecule has 0 spiro atoms. The van der Waals surface area contributed by atoms with E-state index in [9.17, 15) is 4.79 Å². The molecule has 0 unspecified atom stereocenters. The summed E-state index contributed by atoms with van der Waals surface area (Å²) in [6.45, 7) is 0. The van der Waals surface area contributed by atoms with Crippen LogP contribution in [0.5, 0.6) is 0 Å². The first kappa shape index (κ1) is 30.0. The Morgan fingerprint density at radius 3 is 1.16 bits per heavy atom. The standard InChI is InChI=1S/C35H46O2S/c36-34(37)29-21-10-8-6-4-2-1-3-5-7-9-11-22-30-38-35(31-23-15-12-16-24-31,32-25-17-13-18-26-32)33-27-19-14-20-28-33/h12-20,23-28H,1-11,21-22,29-30H2,(H,36,37). The summed E-state index contributed by atoms with van der Waals surface area (Å²) in [6.07, 6.45) is 16.6. The highest BCUT2D eigenvalue weighted by Crippen LogP contribution is 2.48. The summed E-state index contributed by atoms with van der Waals surface area (Å²) >= 11 is 2.08. The molecule has 0 amide bonds. The molecular formula is C35H46O2S. The van der Waals surface area contributed by atoms with Gasteiger partial charge in [-0.05, 0) is 35.3 Å². The van der Waals surface area contributed by atoms with Crippen molar-refractivity contribution in [2.45, 2.75) is 94.6 Å². The summed E-state index contributed by atoms with van der Waals surface area (Å²) in [4.78, 5) is 10.5. The van der Waals surface area contributed by atoms with Gasteiger partial charge in [0, 0.05) is 6.42 Å². The predicted molar refractivity (Wildman–Crippen MR) is 164 cm³/mol. The van der Waals surface area contributed by atoms with Crippen LogP contribution in [0.25, 0.3) is 0 Å². The fourth-order valence-electron chi connectivity index (χ4n) is 5.32. The van der Waals surface area contributed by atoms with Gasteiger partial charge in [-0.2, -0.15) is 0 Å². The number of carbonyl (C=O) groups is 1. The number of rotatable bonds is 20. The molecule has 0 radical (unpaired) electrons. The monoisotopic (exact) mass is 530 g/mol. The van der Waals surface area contributed by atoms with Gasteiger partial charge in [-0.15, -0.1) is 11.8 Å². The number of hydrogen-bond acceptors (Lipinski definition) is 2. The van der Waals surface area contributed by atoms with Crippen LogP contribution in [0.2, 0.25) is 0 Å². The maximum Gasteiger partial charge on any atom is 0.303 e. The highest BCUT2D eigenvalue weighted by molar-refractivity contribution is 8.00. The van der Waals surface area contributed by atoms with Crippen molar-refractivity contribution in [2.75, 3.05) is 5.75 Å². The minimum atomic E-state index is -0.664. The number of carboxylic acids is 1. The average Bonchev–Trinajstić information content (AvgIpc) is 2.96. The highest BCUT2D eigenvalue weighted by atomic mass is 32.2. The van der Waals surface area contributed by atoms with Crippen LogP contribution in [0.15, 0.2) is 91.0 Å². The third-order valence-corrected chi connectivity index (χ3v) is 9.03. The Hall–Kier alpha value is -2.52. The van der Waals surface area contributed by atoms with Crippen LogP contribution >= 0.6 is 11.8 Å². The molecule has 1 N–H and O–H groups in total. The molecule has 38 heavy (non-hydrogen) atoms. The zero-order chi connectivity index (χ0) is 26.7. The van der Waals surface area contributed by atoms with E-state index in [1.54, 1.807) is 0 Å². The highest BCUT2D eigenvalue weighted by Gasteiger charge is 2.36. The van der Waals surface area contributed by atoms with E-state index in [1.807, 2.05) is 0 Å². The number of aliphatic carboxylic acids is 1. The van der Waals surface area contributed by atoms with Crippen LogP contribution in [0, 0.1) is 0 Å². The topological polar surface area (TPSA) is 37.3 Å². The van der Waals surface area contributed by atoms with Crippen molar-refractivity contribution in [3.8, 4) is 0 Å². The third-order valence-electron chi connectivity index (χ3n) is 7.39. The largest absolute Gasteiger partial charge is 0.481 e. The van der Waals surface area contributed by atoms with Crippen LogP contribution < -0.4 is 0 Å². The van der Waals surface area contributed by atoms with Crippen LogP contribution in [0.4, 0.5) is 0 Å². The van der Waals surface area contributed by atoms with Crippen molar-refractivity contribution >= 4 is 17.7 Å². The summed E-state index contributed by atoms with van der Waals surface area (Å²) in [5.41, 5.74) is 4.05. The second kappa shape index (κ2) is 17.9. The van der Waals surface area contributed by atoms with Gasteiger partial charge in [-0.25, -0.2) is 0 Å². The van der Waals surface area contributed by atoms with Gasteiger partial charge in [0.25, 0.3) is 0 Å². The number of thioether (sulfide) groups is 1. The van der Waals surface area contributed by atoms with E-state index >= 15 is 0 Å². The Morgan fingerprint density at radius 1 is 0.500 bits per heavy atom. The van der Waals surface area contributed by atoms with E-state index in [1.165, 1.54) is 87.3 Å². The average molecular weight is 531 g/mol. The molecular weight excluding hydrogens is 484 g/mol. The lowest BCUT2D eigenvalue weighted by molar-refractivity contribution is -0.137. The quantitative estimate of drug-likeness (QED) is 0.117. The number of carboxylic acid groups (broad SMARTS) is 1. The van der Waals surface area contributed by atoms with E-state index in [0.717, 1.165) is 18.6 Å². The lowest BCUT2D eigenvalue weighted by atomic mass is 9.84. The molecule has 0 atom stereocenters. The number of hydrogen-bond donors (Lipinski definition) is 1. The Balaban J connectivity index is 1.38. The molecule has 0 heterocycles. The van der Waals surface area contributed by atoms with Gasteiger partial charge in [0.05, 0.1) is 4.75 Å². The Morgan fingerprint density at radius 2 is 0.816 bits per heavy atom. The molecule has 0 aliphatic heterocycles. The predicted octanol–water partition coefficient (Wildman–Crippen LogP) is 10.3. The van der Waals surface area contributed by atoms with Gasteiger partial charge >= 0.3 is 5.97 Å². The molecule has 3 aromatic carbocycles. The lowest BCUT2D eigenvalue weighted by Crippen LogP contribution is -2.26. The van der Waals surface area contributed by atoms with Crippen LogP contribution in [-0.2, 0) is 9.54 Å². The summed E-state index contributed by atoms with van der Waals surface area (Å²) in [5, 5.41) is 8.68. The van der Waals surface area contributed by atoms with Gasteiger partial charge in [-0.3, -0.25) is 4.79 Å². The minimum absolute atomic E-state index is 0.194. The number of benzene rings is 3. The van der Waals surface area contributed by atoms with E-state index in [2.05, 4.69) is 103 Å². The first-order valence-electron chi connectivity index (χ1n) is 14.8. The van der Waals surface area contributed by atoms with Crippen LogP contribution in [0.3, 0.4) is 0 Å². The molecule has 0 aliphatic carbocycles. The SMILES string of the molecule is O=C(O)CCCCCCCCCCCCCCCSC(c1ccccc1)(c1ccccc1)c1ccccc1. The van der Waals surface area contributed by atoms with Crippen molar-refractivity contribution in [1.82, 2.24) is 0 Å². The number of unbranched alkanes of at least 4 members (excludes halogenated alkanes) is 12. The third kappa shape index (κ3) is 9.98. The maximum atomic E-state index is 10.5. The Bertz CT molecular complexity index is 907. The van der Waals surface area contributed by atoms with Crippen LogP contribution in [-0.4, -0.2) is 16.8 Å².